The predicted molar refractivity (Wildman–Crippen MR) is 72.9 cm³/mol. The van der Waals surface area contributed by atoms with Crippen LogP contribution in [0.4, 0.5) is 0 Å². The highest BCUT2D eigenvalue weighted by Gasteiger charge is 2.12. The molecule has 1 amide bonds. The molecule has 2 N–H and O–H groups in total. The van der Waals surface area contributed by atoms with E-state index in [1.54, 1.807) is 24.3 Å². The topological polar surface area (TPSA) is 88.2 Å². The van der Waals surface area contributed by atoms with Gasteiger partial charge in [0, 0.05) is 17.7 Å². The quantitative estimate of drug-likeness (QED) is 0.863. The van der Waals surface area contributed by atoms with Crippen molar-refractivity contribution >= 4 is 5.91 Å². The van der Waals surface area contributed by atoms with Crippen LogP contribution in [-0.4, -0.2) is 33.9 Å². The third kappa shape index (κ3) is 3.42. The predicted octanol–water partition coefficient (Wildman–Crippen LogP) is 1.48. The second kappa shape index (κ2) is 6.29. The first-order chi connectivity index (χ1) is 9.58. The molecule has 0 aliphatic rings. The Labute approximate surface area is 116 Å². The van der Waals surface area contributed by atoms with Crippen LogP contribution in [0.25, 0.3) is 11.5 Å². The smallest absolute Gasteiger partial charge is 0.251 e. The molecule has 0 aliphatic heterocycles. The van der Waals surface area contributed by atoms with Crippen LogP contribution in [0.15, 0.2) is 35.1 Å². The third-order valence-corrected chi connectivity index (χ3v) is 3.00. The molecule has 0 spiro atoms. The number of carbonyl (C=O) groups excluding carboxylic acids is 1. The Morgan fingerprint density at radius 3 is 2.60 bits per heavy atom. The minimum Gasteiger partial charge on any atom is -0.423 e. The Balaban J connectivity index is 1.98. The van der Waals surface area contributed by atoms with Crippen LogP contribution in [-0.2, 0) is 0 Å². The van der Waals surface area contributed by atoms with Gasteiger partial charge in [0.1, 0.15) is 0 Å². The molecule has 6 heteroatoms. The van der Waals surface area contributed by atoms with Gasteiger partial charge in [-0.15, -0.1) is 10.2 Å². The Kier molecular flexibility index (Phi) is 4.47. The summed E-state index contributed by atoms with van der Waals surface area (Å²) in [6.07, 6.45) is 0.708. The SMILES string of the molecule is CC(C)C(O)CNC(=O)c1ccc(-c2nnco2)cc1. The van der Waals surface area contributed by atoms with Crippen molar-refractivity contribution in [3.05, 3.63) is 36.2 Å². The van der Waals surface area contributed by atoms with Gasteiger partial charge in [0.2, 0.25) is 12.3 Å². The highest BCUT2D eigenvalue weighted by atomic mass is 16.4. The number of carbonyl (C=O) groups is 1. The summed E-state index contributed by atoms with van der Waals surface area (Å²) < 4.78 is 5.07. The van der Waals surface area contributed by atoms with Crippen LogP contribution >= 0.6 is 0 Å². The number of hydrogen-bond donors (Lipinski definition) is 2. The average Bonchev–Trinajstić information content (AvgIpc) is 2.98. The van der Waals surface area contributed by atoms with E-state index >= 15 is 0 Å². The molecule has 0 saturated carbocycles. The van der Waals surface area contributed by atoms with Crippen LogP contribution < -0.4 is 5.32 Å². The van der Waals surface area contributed by atoms with Crippen molar-refractivity contribution < 1.29 is 14.3 Å². The summed E-state index contributed by atoms with van der Waals surface area (Å²) in [7, 11) is 0. The lowest BCUT2D eigenvalue weighted by atomic mass is 10.1. The molecule has 0 fully saturated rings. The zero-order valence-electron chi connectivity index (χ0n) is 11.4. The third-order valence-electron chi connectivity index (χ3n) is 3.00. The van der Waals surface area contributed by atoms with Crippen molar-refractivity contribution in [2.45, 2.75) is 20.0 Å². The monoisotopic (exact) mass is 275 g/mol. The number of aliphatic hydroxyl groups is 1. The molecule has 1 aromatic heterocycles. The van der Waals surface area contributed by atoms with Gasteiger partial charge < -0.3 is 14.8 Å². The van der Waals surface area contributed by atoms with E-state index in [9.17, 15) is 9.90 Å². The first-order valence-corrected chi connectivity index (χ1v) is 6.41. The number of nitrogens with one attached hydrogen (secondary N) is 1. The van der Waals surface area contributed by atoms with Gasteiger partial charge in [-0.1, -0.05) is 13.8 Å². The van der Waals surface area contributed by atoms with Crippen LogP contribution in [0.2, 0.25) is 0 Å². The van der Waals surface area contributed by atoms with Crippen LogP contribution in [0.1, 0.15) is 24.2 Å². The van der Waals surface area contributed by atoms with Crippen LogP contribution in [0.3, 0.4) is 0 Å². The second-order valence-electron chi connectivity index (χ2n) is 4.84. The maximum absolute atomic E-state index is 11.9. The molecule has 1 unspecified atom stereocenters. The molecule has 0 saturated heterocycles. The molecular formula is C14H17N3O3. The standard InChI is InChI=1S/C14H17N3O3/c1-9(2)12(18)7-15-13(19)10-3-5-11(6-4-10)14-17-16-8-20-14/h3-6,8-9,12,18H,7H2,1-2H3,(H,15,19). The largest absolute Gasteiger partial charge is 0.423 e. The second-order valence-corrected chi connectivity index (χ2v) is 4.84. The number of rotatable bonds is 5. The molecule has 0 aliphatic carbocycles. The molecule has 2 aromatic rings. The zero-order chi connectivity index (χ0) is 14.5. The zero-order valence-corrected chi connectivity index (χ0v) is 11.4. The van der Waals surface area contributed by atoms with Gasteiger partial charge in [-0.05, 0) is 30.2 Å². The van der Waals surface area contributed by atoms with Crippen molar-refractivity contribution in [1.29, 1.82) is 0 Å². The molecule has 20 heavy (non-hydrogen) atoms. The number of aromatic nitrogens is 2. The van der Waals surface area contributed by atoms with E-state index in [1.807, 2.05) is 13.8 Å². The van der Waals surface area contributed by atoms with E-state index in [1.165, 1.54) is 6.39 Å². The molecule has 6 nitrogen and oxygen atoms in total. The molecule has 0 bridgehead atoms. The van der Waals surface area contributed by atoms with Crippen molar-refractivity contribution in [3.63, 3.8) is 0 Å². The van der Waals surface area contributed by atoms with Crippen LogP contribution in [0, 0.1) is 5.92 Å². The Morgan fingerprint density at radius 2 is 2.05 bits per heavy atom. The average molecular weight is 275 g/mol. The van der Waals surface area contributed by atoms with E-state index in [2.05, 4.69) is 15.5 Å². The molecule has 1 atom stereocenters. The molecule has 1 heterocycles. The molecule has 1 aromatic carbocycles. The van der Waals surface area contributed by atoms with Gasteiger partial charge in [-0.25, -0.2) is 0 Å². The maximum atomic E-state index is 11.9. The lowest BCUT2D eigenvalue weighted by Crippen LogP contribution is -2.34. The van der Waals surface area contributed by atoms with Crippen LogP contribution in [0.5, 0.6) is 0 Å². The minimum absolute atomic E-state index is 0.107. The van der Waals surface area contributed by atoms with Gasteiger partial charge in [-0.2, -0.15) is 0 Å². The van der Waals surface area contributed by atoms with Crippen molar-refractivity contribution in [2.24, 2.45) is 5.92 Å². The lowest BCUT2D eigenvalue weighted by Gasteiger charge is -2.15. The van der Waals surface area contributed by atoms with E-state index in [4.69, 9.17) is 4.42 Å². The summed E-state index contributed by atoms with van der Waals surface area (Å²) in [5.74, 6) is 0.296. The summed E-state index contributed by atoms with van der Waals surface area (Å²) in [5.41, 5.74) is 1.27. The van der Waals surface area contributed by atoms with E-state index in [-0.39, 0.29) is 18.4 Å². The Morgan fingerprint density at radius 1 is 1.35 bits per heavy atom. The fourth-order valence-corrected chi connectivity index (χ4v) is 1.60. The maximum Gasteiger partial charge on any atom is 0.251 e. The molecule has 0 radical (unpaired) electrons. The summed E-state index contributed by atoms with van der Waals surface area (Å²) in [6.45, 7) is 4.04. The molecule has 2 rings (SSSR count). The van der Waals surface area contributed by atoms with Gasteiger partial charge >= 0.3 is 0 Å². The van der Waals surface area contributed by atoms with Crippen molar-refractivity contribution in [2.75, 3.05) is 6.54 Å². The van der Waals surface area contributed by atoms with E-state index in [0.717, 1.165) is 5.56 Å². The Bertz CT molecular complexity index is 550. The molecular weight excluding hydrogens is 258 g/mol. The highest BCUT2D eigenvalue weighted by molar-refractivity contribution is 5.94. The highest BCUT2D eigenvalue weighted by Crippen LogP contribution is 2.16. The Hall–Kier alpha value is -2.21. The number of amides is 1. The fourth-order valence-electron chi connectivity index (χ4n) is 1.60. The van der Waals surface area contributed by atoms with Gasteiger partial charge in [0.25, 0.3) is 5.91 Å². The summed E-state index contributed by atoms with van der Waals surface area (Å²) in [6, 6.07) is 6.83. The minimum atomic E-state index is -0.545. The summed E-state index contributed by atoms with van der Waals surface area (Å²) in [5, 5.41) is 19.7. The first-order valence-electron chi connectivity index (χ1n) is 6.41. The van der Waals surface area contributed by atoms with Crippen molar-refractivity contribution in [1.82, 2.24) is 15.5 Å². The number of aliphatic hydroxyl groups excluding tert-OH is 1. The number of nitrogens with zero attached hydrogens (tertiary/aromatic N) is 2. The van der Waals surface area contributed by atoms with Crippen molar-refractivity contribution in [3.8, 4) is 11.5 Å². The molecule has 106 valence electrons. The van der Waals surface area contributed by atoms with Gasteiger partial charge in [0.05, 0.1) is 6.10 Å². The van der Waals surface area contributed by atoms with E-state index < -0.39 is 6.10 Å². The lowest BCUT2D eigenvalue weighted by molar-refractivity contribution is 0.0871. The summed E-state index contributed by atoms with van der Waals surface area (Å²) >= 11 is 0. The van der Waals surface area contributed by atoms with Gasteiger partial charge in [-0.3, -0.25) is 4.79 Å². The normalized spacial score (nSPS) is 12.4. The van der Waals surface area contributed by atoms with Gasteiger partial charge in [0.15, 0.2) is 0 Å². The number of benzene rings is 1. The van der Waals surface area contributed by atoms with E-state index in [0.29, 0.717) is 11.5 Å². The number of hydrogen-bond acceptors (Lipinski definition) is 5. The fraction of sp³-hybridized carbons (Fsp3) is 0.357. The summed E-state index contributed by atoms with van der Waals surface area (Å²) in [4.78, 5) is 11.9. The first kappa shape index (κ1) is 14.2.